The monoisotopic (exact) mass is 496 g/mol. The van der Waals surface area contributed by atoms with Gasteiger partial charge in [0.2, 0.25) is 5.91 Å². The fourth-order valence-corrected chi connectivity index (χ4v) is 3.24. The van der Waals surface area contributed by atoms with E-state index in [1.54, 1.807) is 7.05 Å². The minimum atomic E-state index is -0.500. The van der Waals surface area contributed by atoms with Gasteiger partial charge in [0, 0.05) is 39.1 Å². The Kier molecular flexibility index (Phi) is 9.78. The van der Waals surface area contributed by atoms with Crippen molar-refractivity contribution in [3.05, 3.63) is 0 Å². The molecule has 2 saturated heterocycles. The van der Waals surface area contributed by atoms with Gasteiger partial charge in [-0.25, -0.2) is 0 Å². The quantitative estimate of drug-likeness (QED) is 0.273. The topological polar surface area (TPSA) is 83.5 Å². The van der Waals surface area contributed by atoms with Crippen LogP contribution in [-0.2, 0) is 19.1 Å². The van der Waals surface area contributed by atoms with Crippen LogP contribution in [0.1, 0.15) is 33.6 Å². The fraction of sp³-hybridized carbons (Fsp3) is 0.833. The Hall–Kier alpha value is -1.10. The average Bonchev–Trinajstić information content (AvgIpc) is 2.61. The predicted octanol–water partition coefficient (Wildman–Crippen LogP) is 1.09. The minimum Gasteiger partial charge on any atom is -0.459 e. The molecule has 1 N–H and O–H groups in total. The van der Waals surface area contributed by atoms with E-state index < -0.39 is 5.60 Å². The Bertz CT molecular complexity index is 522. The van der Waals surface area contributed by atoms with E-state index in [4.69, 9.17) is 9.47 Å². The van der Waals surface area contributed by atoms with Crippen LogP contribution < -0.4 is 5.32 Å². The Labute approximate surface area is 179 Å². The number of hydrogen-bond acceptors (Lipinski definition) is 5. The summed E-state index contributed by atoms with van der Waals surface area (Å²) in [7, 11) is 1.70. The van der Waals surface area contributed by atoms with Crippen molar-refractivity contribution in [3.63, 3.8) is 0 Å². The zero-order chi connectivity index (χ0) is 19.2. The van der Waals surface area contributed by atoms with Crippen molar-refractivity contribution < 1.29 is 19.1 Å². The third-order valence-electron chi connectivity index (χ3n) is 4.49. The van der Waals surface area contributed by atoms with Gasteiger partial charge in [-0.15, -0.1) is 24.0 Å². The molecule has 2 aliphatic heterocycles. The largest absolute Gasteiger partial charge is 0.459 e. The van der Waals surface area contributed by atoms with Gasteiger partial charge in [-0.05, 0) is 33.6 Å². The second kappa shape index (κ2) is 11.0. The van der Waals surface area contributed by atoms with Crippen molar-refractivity contribution in [2.75, 3.05) is 53.0 Å². The lowest BCUT2D eigenvalue weighted by atomic mass is 9.95. The number of guanidine groups is 1. The first-order valence-electron chi connectivity index (χ1n) is 9.34. The van der Waals surface area contributed by atoms with Gasteiger partial charge < -0.3 is 24.6 Å². The third-order valence-corrected chi connectivity index (χ3v) is 4.49. The lowest BCUT2D eigenvalue weighted by Gasteiger charge is -2.36. The van der Waals surface area contributed by atoms with Crippen molar-refractivity contribution in [1.29, 1.82) is 0 Å². The Morgan fingerprint density at radius 1 is 1.11 bits per heavy atom. The maximum atomic E-state index is 12.6. The van der Waals surface area contributed by atoms with Crippen LogP contribution in [0.3, 0.4) is 0 Å². The van der Waals surface area contributed by atoms with Gasteiger partial charge in [-0.1, -0.05) is 0 Å². The number of likely N-dealkylation sites (tertiary alicyclic amines) is 1. The summed E-state index contributed by atoms with van der Waals surface area (Å²) in [6.07, 6.45) is 1.59. The van der Waals surface area contributed by atoms with Gasteiger partial charge >= 0.3 is 5.97 Å². The highest BCUT2D eigenvalue weighted by molar-refractivity contribution is 14.0. The number of carbonyl (C=O) groups is 2. The van der Waals surface area contributed by atoms with Crippen molar-refractivity contribution in [3.8, 4) is 0 Å². The highest BCUT2D eigenvalue weighted by Gasteiger charge is 2.30. The molecule has 156 valence electrons. The molecule has 0 atom stereocenters. The van der Waals surface area contributed by atoms with Crippen LogP contribution in [0.2, 0.25) is 0 Å². The molecular weight excluding hydrogens is 463 g/mol. The molecule has 9 heteroatoms. The first-order valence-corrected chi connectivity index (χ1v) is 9.34. The molecule has 2 heterocycles. The Balaban J connectivity index is 0.00000364. The molecule has 0 saturated carbocycles. The van der Waals surface area contributed by atoms with E-state index in [9.17, 15) is 9.59 Å². The molecule has 27 heavy (non-hydrogen) atoms. The molecule has 0 spiro atoms. The molecule has 2 fully saturated rings. The maximum Gasteiger partial charge on any atom is 0.325 e. The first kappa shape index (κ1) is 23.9. The van der Waals surface area contributed by atoms with Gasteiger partial charge in [0.25, 0.3) is 0 Å². The van der Waals surface area contributed by atoms with Crippen LogP contribution in [0.4, 0.5) is 0 Å². The average molecular weight is 496 g/mol. The van der Waals surface area contributed by atoms with Gasteiger partial charge in [0.1, 0.15) is 12.1 Å². The van der Waals surface area contributed by atoms with Crippen LogP contribution in [0, 0.1) is 5.92 Å². The number of esters is 1. The summed E-state index contributed by atoms with van der Waals surface area (Å²) >= 11 is 0. The van der Waals surface area contributed by atoms with E-state index in [1.807, 2.05) is 25.7 Å². The summed E-state index contributed by atoms with van der Waals surface area (Å²) in [6.45, 7) is 9.75. The van der Waals surface area contributed by atoms with Crippen molar-refractivity contribution in [1.82, 2.24) is 15.1 Å². The number of ether oxygens (including phenoxy) is 2. The molecule has 0 radical (unpaired) electrons. The van der Waals surface area contributed by atoms with Crippen LogP contribution >= 0.6 is 24.0 Å². The standard InChI is InChI=1S/C18H32N4O4.HI/c1-18(2,3)26-15(23)13-20-17(19-4)22-7-5-14(6-8-22)16(24)21-9-11-25-12-10-21;/h14H,5-13H2,1-4H3,(H,19,20);1H. The number of nitrogens with zero attached hydrogens (tertiary/aromatic N) is 3. The van der Waals surface area contributed by atoms with Gasteiger partial charge in [0.15, 0.2) is 5.96 Å². The predicted molar refractivity (Wildman–Crippen MR) is 114 cm³/mol. The Morgan fingerprint density at radius 2 is 1.70 bits per heavy atom. The molecule has 1 amide bonds. The highest BCUT2D eigenvalue weighted by atomic mass is 127. The van der Waals surface area contributed by atoms with Crippen LogP contribution in [0.15, 0.2) is 4.99 Å². The number of nitrogens with one attached hydrogen (secondary N) is 1. The molecule has 0 aromatic rings. The number of halogens is 1. The van der Waals surface area contributed by atoms with E-state index in [1.165, 1.54) is 0 Å². The molecule has 2 rings (SSSR count). The molecule has 0 bridgehead atoms. The number of hydrogen-bond donors (Lipinski definition) is 1. The van der Waals surface area contributed by atoms with Gasteiger partial charge in [-0.3, -0.25) is 14.6 Å². The fourth-order valence-electron chi connectivity index (χ4n) is 3.24. The lowest BCUT2D eigenvalue weighted by Crippen LogP contribution is -2.50. The molecule has 0 unspecified atom stereocenters. The van der Waals surface area contributed by atoms with Crippen LogP contribution in [0.5, 0.6) is 0 Å². The van der Waals surface area contributed by atoms with Crippen molar-refractivity contribution >= 4 is 41.8 Å². The molecule has 0 aromatic carbocycles. The zero-order valence-corrected chi connectivity index (χ0v) is 19.2. The zero-order valence-electron chi connectivity index (χ0n) is 16.8. The van der Waals surface area contributed by atoms with Gasteiger partial charge in [0.05, 0.1) is 13.2 Å². The molecule has 0 aliphatic carbocycles. The summed E-state index contributed by atoms with van der Waals surface area (Å²) in [4.78, 5) is 32.7. The second-order valence-corrected chi connectivity index (χ2v) is 7.69. The molecular formula is C18H33IN4O4. The van der Waals surface area contributed by atoms with Crippen LogP contribution in [-0.4, -0.2) is 86.2 Å². The number of carbonyl (C=O) groups excluding carboxylic acids is 2. The summed E-state index contributed by atoms with van der Waals surface area (Å²) < 4.78 is 10.6. The second-order valence-electron chi connectivity index (χ2n) is 7.69. The third kappa shape index (κ3) is 7.81. The number of rotatable bonds is 3. The summed E-state index contributed by atoms with van der Waals surface area (Å²) in [5.41, 5.74) is -0.500. The summed E-state index contributed by atoms with van der Waals surface area (Å²) in [5.74, 6) is 0.669. The number of amides is 1. The highest BCUT2D eigenvalue weighted by Crippen LogP contribution is 2.20. The van der Waals surface area contributed by atoms with E-state index >= 15 is 0 Å². The number of piperidine rings is 1. The van der Waals surface area contributed by atoms with E-state index in [0.717, 1.165) is 25.9 Å². The van der Waals surface area contributed by atoms with Crippen LogP contribution in [0.25, 0.3) is 0 Å². The van der Waals surface area contributed by atoms with Crippen molar-refractivity contribution in [2.24, 2.45) is 10.9 Å². The first-order chi connectivity index (χ1) is 12.3. The SMILES string of the molecule is CN=C(NCC(=O)OC(C)(C)C)N1CCC(C(=O)N2CCOCC2)CC1.I. The molecule has 2 aliphatic rings. The Morgan fingerprint density at radius 3 is 2.22 bits per heavy atom. The smallest absolute Gasteiger partial charge is 0.325 e. The number of morpholine rings is 1. The summed E-state index contributed by atoms with van der Waals surface area (Å²) in [5, 5.41) is 3.06. The van der Waals surface area contributed by atoms with E-state index in [-0.39, 0.29) is 48.3 Å². The number of aliphatic imine (C=N–C) groups is 1. The molecule has 0 aromatic heterocycles. The van der Waals surface area contributed by atoms with Crippen molar-refractivity contribution in [2.45, 2.75) is 39.2 Å². The molecule has 8 nitrogen and oxygen atoms in total. The lowest BCUT2D eigenvalue weighted by molar-refractivity contribution is -0.153. The minimum absolute atomic E-state index is 0. The van der Waals surface area contributed by atoms with Gasteiger partial charge in [-0.2, -0.15) is 0 Å². The maximum absolute atomic E-state index is 12.6. The van der Waals surface area contributed by atoms with E-state index in [0.29, 0.717) is 32.3 Å². The summed E-state index contributed by atoms with van der Waals surface area (Å²) in [6, 6.07) is 0. The van der Waals surface area contributed by atoms with E-state index in [2.05, 4.69) is 15.2 Å². The normalized spacial score (nSPS) is 19.3.